The Morgan fingerprint density at radius 1 is 0.714 bits per heavy atom. The molecule has 2 heterocycles. The first-order chi connectivity index (χ1) is 29.6. The van der Waals surface area contributed by atoms with Crippen molar-refractivity contribution in [3.05, 3.63) is 130 Å². The van der Waals surface area contributed by atoms with Crippen molar-refractivity contribution in [2.24, 2.45) is 11.7 Å². The molecule has 5 aromatic rings. The number of amides is 2. The number of nitrogens with zero attached hydrogens (tertiary/aromatic N) is 3. The number of nitro benzene ring substituents is 1. The summed E-state index contributed by atoms with van der Waals surface area (Å²) in [5.74, 6) is 1.02. The summed E-state index contributed by atoms with van der Waals surface area (Å²) in [4.78, 5) is 37.2. The van der Waals surface area contributed by atoms with Crippen LogP contribution in [-0.4, -0.2) is 78.8 Å². The first kappa shape index (κ1) is 48.5. The minimum Gasteiger partial charge on any atom is -0.444 e. The van der Waals surface area contributed by atoms with E-state index in [4.69, 9.17) is 19.4 Å². The van der Waals surface area contributed by atoms with E-state index in [0.29, 0.717) is 18.3 Å². The number of hydrogen-bond acceptors (Lipinski definition) is 10. The molecular weight excluding hydrogens is 821 g/mol. The fourth-order valence-corrected chi connectivity index (χ4v) is 9.08. The van der Waals surface area contributed by atoms with Crippen LogP contribution in [0.5, 0.6) is 0 Å². The molecule has 0 unspecified atom stereocenters. The van der Waals surface area contributed by atoms with E-state index in [1.165, 1.54) is 49.7 Å². The van der Waals surface area contributed by atoms with Crippen molar-refractivity contribution >= 4 is 49.5 Å². The average molecular weight is 883 g/mol. The van der Waals surface area contributed by atoms with Crippen molar-refractivity contribution in [2.45, 2.75) is 109 Å². The van der Waals surface area contributed by atoms with E-state index in [1.807, 2.05) is 44.7 Å². The summed E-state index contributed by atoms with van der Waals surface area (Å²) in [5.41, 5.74) is 6.87. The van der Waals surface area contributed by atoms with Gasteiger partial charge in [0.1, 0.15) is 11.2 Å². The van der Waals surface area contributed by atoms with Gasteiger partial charge in [-0.05, 0) is 118 Å². The van der Waals surface area contributed by atoms with E-state index in [1.54, 1.807) is 20.8 Å². The van der Waals surface area contributed by atoms with Gasteiger partial charge in [0.15, 0.2) is 4.90 Å². The topological polar surface area (TPSA) is 172 Å². The van der Waals surface area contributed by atoms with E-state index in [2.05, 4.69) is 79.7 Å². The average Bonchev–Trinajstić information content (AvgIpc) is 3.89. The number of para-hydroxylation sites is 1. The van der Waals surface area contributed by atoms with Crippen molar-refractivity contribution in [1.29, 1.82) is 0 Å². The van der Waals surface area contributed by atoms with Gasteiger partial charge in [0, 0.05) is 31.7 Å². The monoisotopic (exact) mass is 882 g/mol. The Labute approximate surface area is 371 Å². The first-order valence-electron chi connectivity index (χ1n) is 21.5. The molecule has 0 radical (unpaired) electrons. The second kappa shape index (κ2) is 20.7. The van der Waals surface area contributed by atoms with Gasteiger partial charge in [-0.2, -0.15) is 8.42 Å². The zero-order valence-electron chi connectivity index (χ0n) is 37.7. The third-order valence-corrected chi connectivity index (χ3v) is 12.1. The number of rotatable bonds is 8. The molecule has 0 spiro atoms. The van der Waals surface area contributed by atoms with Crippen molar-refractivity contribution in [2.75, 3.05) is 26.2 Å². The van der Waals surface area contributed by atoms with E-state index < -0.39 is 49.0 Å². The number of nitrogens with two attached hydrogens (primary N) is 1. The zero-order chi connectivity index (χ0) is 46.1. The maximum atomic E-state index is 12.4. The predicted octanol–water partition coefficient (Wildman–Crippen LogP) is 10.8. The second-order valence-electron chi connectivity index (χ2n) is 18.3. The van der Waals surface area contributed by atoms with Crippen molar-refractivity contribution < 1.29 is 36.6 Å². The lowest BCUT2D eigenvalue weighted by atomic mass is 9.87. The normalized spacial score (nSPS) is 17.5. The van der Waals surface area contributed by atoms with Gasteiger partial charge in [0.25, 0.3) is 5.69 Å². The van der Waals surface area contributed by atoms with E-state index in [-0.39, 0.29) is 25.2 Å². The van der Waals surface area contributed by atoms with Crippen LogP contribution >= 0.6 is 0 Å². The highest BCUT2D eigenvalue weighted by Gasteiger charge is 2.36. The van der Waals surface area contributed by atoms with Crippen LogP contribution in [0.4, 0.5) is 15.3 Å². The molecule has 13 nitrogen and oxygen atoms in total. The number of benzene rings is 5. The molecule has 2 aliphatic heterocycles. The summed E-state index contributed by atoms with van der Waals surface area (Å²) < 4.78 is 40.6. The summed E-state index contributed by atoms with van der Waals surface area (Å²) in [5, 5.41) is 16.2. The molecule has 338 valence electrons. The molecule has 7 rings (SSSR count). The van der Waals surface area contributed by atoms with Crippen LogP contribution < -0.4 is 5.73 Å². The zero-order valence-corrected chi connectivity index (χ0v) is 38.5. The van der Waals surface area contributed by atoms with Gasteiger partial charge < -0.3 is 25.0 Å². The van der Waals surface area contributed by atoms with Gasteiger partial charge >= 0.3 is 22.3 Å². The Hall–Kier alpha value is -5.57. The van der Waals surface area contributed by atoms with Crippen LogP contribution in [0.15, 0.2) is 114 Å². The molecule has 2 amide bonds. The van der Waals surface area contributed by atoms with Gasteiger partial charge in [0.2, 0.25) is 0 Å². The van der Waals surface area contributed by atoms with E-state index in [9.17, 15) is 28.1 Å². The van der Waals surface area contributed by atoms with Crippen LogP contribution in [0.1, 0.15) is 97.7 Å². The Morgan fingerprint density at radius 2 is 1.19 bits per heavy atom. The second-order valence-corrected chi connectivity index (χ2v) is 19.8. The van der Waals surface area contributed by atoms with Crippen LogP contribution in [0, 0.1) is 16.0 Å². The summed E-state index contributed by atoms with van der Waals surface area (Å²) in [6, 6.07) is 34.8. The molecule has 4 atom stereocenters. The molecule has 63 heavy (non-hydrogen) atoms. The molecule has 2 aliphatic rings. The predicted molar refractivity (Wildman–Crippen MR) is 247 cm³/mol. The number of nitro groups is 1. The first-order valence-corrected chi connectivity index (χ1v) is 22.9. The van der Waals surface area contributed by atoms with Crippen molar-refractivity contribution in [1.82, 2.24) is 9.80 Å². The highest BCUT2D eigenvalue weighted by Crippen LogP contribution is 2.34. The number of fused-ring (bicyclic) bond motifs is 2. The molecule has 2 N–H and O–H groups in total. The lowest BCUT2D eigenvalue weighted by Gasteiger charge is -2.25. The maximum absolute atomic E-state index is 12.4. The van der Waals surface area contributed by atoms with Gasteiger partial charge in [0.05, 0.1) is 17.6 Å². The van der Waals surface area contributed by atoms with Gasteiger partial charge in [-0.25, -0.2) is 9.59 Å². The molecule has 0 aromatic heterocycles. The molecule has 0 aliphatic carbocycles. The largest absolute Gasteiger partial charge is 0.444 e. The summed E-state index contributed by atoms with van der Waals surface area (Å²) in [7, 11) is -4.32. The van der Waals surface area contributed by atoms with Crippen molar-refractivity contribution in [3.63, 3.8) is 0 Å². The highest BCUT2D eigenvalue weighted by molar-refractivity contribution is 7.87. The maximum Gasteiger partial charge on any atom is 0.410 e. The summed E-state index contributed by atoms with van der Waals surface area (Å²) in [6.45, 7) is 17.2. The molecule has 14 heteroatoms. The van der Waals surface area contributed by atoms with E-state index >= 15 is 0 Å². The molecule has 5 aromatic carbocycles. The van der Waals surface area contributed by atoms with Crippen LogP contribution in [0.3, 0.4) is 0 Å². The number of carbonyl (C=O) groups excluding carboxylic acids is 2. The highest BCUT2D eigenvalue weighted by atomic mass is 32.2. The molecule has 2 saturated heterocycles. The Bertz CT molecular complexity index is 2470. The standard InChI is InChI=1S/C22H29NO2.C15H20N2O7S.C12H13N/c1-16(19-11-7-9-18-8-5-6-10-20(18)19)14-17-12-13-23(15-17)21(24)25-22(2,3)4;1-15(2,3)23-14(18)16-9-8-11(10-16)24-25(21,22)13-7-5-4-6-12(13)17(19)20;1-9(13)11-8-4-6-10-5-2-3-7-12(10)11/h5-11,16-17H,12-15H2,1-4H3;4-7,11H,8-10H2,1-3H3;2-9H,13H2,1H3/t16-,17+;11-;9-/m011/s1. The summed E-state index contributed by atoms with van der Waals surface area (Å²) in [6.07, 6.45) is 0.952. The number of hydrogen-bond donors (Lipinski definition) is 1. The quantitative estimate of drug-likeness (QED) is 0.0898. The Kier molecular flexibility index (Phi) is 16.0. The molecule has 0 bridgehead atoms. The lowest BCUT2D eigenvalue weighted by molar-refractivity contribution is -0.387. The van der Waals surface area contributed by atoms with Crippen LogP contribution in [0.2, 0.25) is 0 Å². The third-order valence-electron chi connectivity index (χ3n) is 10.7. The van der Waals surface area contributed by atoms with Crippen molar-refractivity contribution in [3.8, 4) is 0 Å². The fraction of sp³-hybridized carbons (Fsp3) is 0.429. The number of ether oxygens (including phenoxy) is 2. The van der Waals surface area contributed by atoms with E-state index in [0.717, 1.165) is 38.1 Å². The minimum atomic E-state index is -4.32. The lowest BCUT2D eigenvalue weighted by Crippen LogP contribution is -2.36. The van der Waals surface area contributed by atoms with Gasteiger partial charge in [-0.3, -0.25) is 14.3 Å². The van der Waals surface area contributed by atoms with Crippen LogP contribution in [0.25, 0.3) is 21.5 Å². The van der Waals surface area contributed by atoms with Crippen LogP contribution in [-0.2, 0) is 23.8 Å². The van der Waals surface area contributed by atoms with Gasteiger partial charge in [-0.15, -0.1) is 0 Å². The van der Waals surface area contributed by atoms with Gasteiger partial charge in [-0.1, -0.05) is 104 Å². The fourth-order valence-electron chi connectivity index (χ4n) is 7.82. The smallest absolute Gasteiger partial charge is 0.410 e. The minimum absolute atomic E-state index is 0.0365. The number of carbonyl (C=O) groups is 2. The molecular formula is C49H62N4O9S. The molecule has 0 saturated carbocycles. The Morgan fingerprint density at radius 3 is 1.75 bits per heavy atom. The summed E-state index contributed by atoms with van der Waals surface area (Å²) >= 11 is 0. The SMILES string of the molecule is CC(C)(C)OC(=O)N1CC[C@@H](OS(=O)(=O)c2ccccc2[N+](=O)[O-])C1.C[C@@H](C[C@H]1CCN(C(=O)OC(C)(C)C)C1)c1cccc2ccccc12.C[C@@H](N)c1cccc2ccccc12. The molecule has 2 fully saturated rings. The Balaban J connectivity index is 0.000000187. The third kappa shape index (κ3) is 13.7. The number of likely N-dealkylation sites (tertiary alicyclic amines) is 2.